The Morgan fingerprint density at radius 2 is 2.00 bits per heavy atom. The molecule has 0 N–H and O–H groups in total. The molecule has 7 nitrogen and oxygen atoms in total. The van der Waals surface area contributed by atoms with Crippen LogP contribution in [-0.2, 0) is 16.4 Å². The third-order valence-corrected chi connectivity index (χ3v) is 5.79. The Kier molecular flexibility index (Phi) is 4.15. The fourth-order valence-corrected chi connectivity index (χ4v) is 4.36. The van der Waals surface area contributed by atoms with E-state index < -0.39 is 14.9 Å². The van der Waals surface area contributed by atoms with Gasteiger partial charge in [0.1, 0.15) is 5.75 Å². The third kappa shape index (κ3) is 2.80. The van der Waals surface area contributed by atoms with Crippen LogP contribution in [0.25, 0.3) is 0 Å². The number of aryl methyl sites for hydroxylation is 1. The predicted octanol–water partition coefficient (Wildman–Crippen LogP) is 2.74. The molecule has 3 rings (SSSR count). The largest absolute Gasteiger partial charge is 0.497 e. The number of anilines is 1. The molecule has 8 heteroatoms. The first kappa shape index (κ1) is 16.3. The van der Waals surface area contributed by atoms with Gasteiger partial charge in [0, 0.05) is 24.7 Å². The van der Waals surface area contributed by atoms with Crippen LogP contribution >= 0.6 is 0 Å². The average Bonchev–Trinajstić information content (AvgIpc) is 2.60. The van der Waals surface area contributed by atoms with E-state index in [0.29, 0.717) is 24.4 Å². The molecule has 0 aliphatic carbocycles. The maximum Gasteiger partial charge on any atom is 0.270 e. The predicted molar refractivity (Wildman–Crippen MR) is 88.9 cm³/mol. The molecule has 1 aliphatic heterocycles. The molecule has 0 atom stereocenters. The highest BCUT2D eigenvalue weighted by Gasteiger charge is 2.30. The zero-order chi connectivity index (χ0) is 17.3. The van der Waals surface area contributed by atoms with Gasteiger partial charge in [-0.2, -0.15) is 0 Å². The van der Waals surface area contributed by atoms with E-state index in [0.717, 1.165) is 18.1 Å². The lowest BCUT2D eigenvalue weighted by atomic mass is 10.0. The van der Waals surface area contributed by atoms with Crippen LogP contribution in [0.2, 0.25) is 0 Å². The summed E-state index contributed by atoms with van der Waals surface area (Å²) in [7, 11) is -2.37. The van der Waals surface area contributed by atoms with Crippen LogP contribution in [0.1, 0.15) is 12.0 Å². The second-order valence-corrected chi connectivity index (χ2v) is 7.29. The number of benzene rings is 2. The number of hydrogen-bond donors (Lipinski definition) is 0. The molecule has 0 spiro atoms. The zero-order valence-corrected chi connectivity index (χ0v) is 13.8. The summed E-state index contributed by atoms with van der Waals surface area (Å²) < 4.78 is 32.5. The Hall–Kier alpha value is -2.61. The molecule has 0 saturated heterocycles. The Labute approximate surface area is 139 Å². The summed E-state index contributed by atoms with van der Waals surface area (Å²) in [5.74, 6) is 0.565. The van der Waals surface area contributed by atoms with Crippen LogP contribution in [0, 0.1) is 10.1 Å². The summed E-state index contributed by atoms with van der Waals surface area (Å²) in [4.78, 5) is 10.2. The van der Waals surface area contributed by atoms with Crippen molar-refractivity contribution in [2.24, 2.45) is 0 Å². The van der Waals surface area contributed by atoms with E-state index in [1.165, 1.54) is 29.6 Å². The molecule has 0 unspecified atom stereocenters. The van der Waals surface area contributed by atoms with Crippen molar-refractivity contribution < 1.29 is 18.1 Å². The first-order chi connectivity index (χ1) is 11.4. The summed E-state index contributed by atoms with van der Waals surface area (Å²) in [5.41, 5.74) is 1.22. The van der Waals surface area contributed by atoms with E-state index >= 15 is 0 Å². The minimum atomic E-state index is -3.88. The van der Waals surface area contributed by atoms with Gasteiger partial charge in [0.15, 0.2) is 0 Å². The lowest BCUT2D eigenvalue weighted by Gasteiger charge is -2.30. The van der Waals surface area contributed by atoms with Gasteiger partial charge in [-0.3, -0.25) is 14.4 Å². The standard InChI is InChI=1S/C16H16N2O5S/c1-23-14-8-7-12-4-3-9-17(16(12)11-14)24(21,22)15-6-2-5-13(10-15)18(19)20/h2,5-8,10-11H,3-4,9H2,1H3. The van der Waals surface area contributed by atoms with E-state index in [1.807, 2.05) is 6.07 Å². The molecule has 24 heavy (non-hydrogen) atoms. The normalized spacial score (nSPS) is 14.1. The summed E-state index contributed by atoms with van der Waals surface area (Å²) >= 11 is 0. The lowest BCUT2D eigenvalue weighted by Crippen LogP contribution is -2.35. The first-order valence-corrected chi connectivity index (χ1v) is 8.81. The molecular formula is C16H16N2O5S. The highest BCUT2D eigenvalue weighted by atomic mass is 32.2. The number of methoxy groups -OCH3 is 1. The van der Waals surface area contributed by atoms with Gasteiger partial charge in [0.05, 0.1) is 22.6 Å². The van der Waals surface area contributed by atoms with Crippen molar-refractivity contribution in [3.8, 4) is 5.75 Å². The van der Waals surface area contributed by atoms with Crippen molar-refractivity contribution in [2.75, 3.05) is 18.0 Å². The van der Waals surface area contributed by atoms with Crippen LogP contribution in [0.3, 0.4) is 0 Å². The highest BCUT2D eigenvalue weighted by molar-refractivity contribution is 7.92. The van der Waals surface area contributed by atoms with Gasteiger partial charge in [-0.05, 0) is 30.5 Å². The maximum absolute atomic E-state index is 13.0. The van der Waals surface area contributed by atoms with Crippen LogP contribution in [0.5, 0.6) is 5.75 Å². The number of ether oxygens (including phenoxy) is 1. The topological polar surface area (TPSA) is 89.8 Å². The molecule has 2 aromatic rings. The van der Waals surface area contributed by atoms with E-state index in [1.54, 1.807) is 12.1 Å². The summed E-state index contributed by atoms with van der Waals surface area (Å²) in [6.45, 7) is 0.325. The molecule has 1 heterocycles. The number of non-ortho nitro benzene ring substituents is 1. The van der Waals surface area contributed by atoms with Crippen LogP contribution in [-0.4, -0.2) is 27.0 Å². The fraction of sp³-hybridized carbons (Fsp3) is 0.250. The van der Waals surface area contributed by atoms with Crippen LogP contribution < -0.4 is 9.04 Å². The molecule has 0 aromatic heterocycles. The van der Waals surface area contributed by atoms with Gasteiger partial charge in [-0.25, -0.2) is 8.42 Å². The summed E-state index contributed by atoms with van der Waals surface area (Å²) in [6, 6.07) is 10.4. The summed E-state index contributed by atoms with van der Waals surface area (Å²) in [6.07, 6.45) is 1.47. The number of sulfonamides is 1. The Bertz CT molecular complexity index is 895. The Balaban J connectivity index is 2.09. The van der Waals surface area contributed by atoms with E-state index in [9.17, 15) is 18.5 Å². The fourth-order valence-electron chi connectivity index (χ4n) is 2.78. The van der Waals surface area contributed by atoms with Gasteiger partial charge in [0.2, 0.25) is 0 Å². The molecule has 1 aliphatic rings. The minimum Gasteiger partial charge on any atom is -0.497 e. The summed E-state index contributed by atoms with van der Waals surface area (Å²) in [5, 5.41) is 10.9. The van der Waals surface area contributed by atoms with Crippen molar-refractivity contribution in [2.45, 2.75) is 17.7 Å². The Morgan fingerprint density at radius 1 is 1.21 bits per heavy atom. The van der Waals surface area contributed by atoms with E-state index in [4.69, 9.17) is 4.74 Å². The quantitative estimate of drug-likeness (QED) is 0.626. The number of hydrogen-bond acceptors (Lipinski definition) is 5. The van der Waals surface area contributed by atoms with Crippen molar-refractivity contribution in [3.05, 3.63) is 58.1 Å². The number of rotatable bonds is 4. The molecule has 0 saturated carbocycles. The molecule has 2 aromatic carbocycles. The van der Waals surface area contributed by atoms with Crippen molar-refractivity contribution in [1.29, 1.82) is 0 Å². The average molecular weight is 348 g/mol. The van der Waals surface area contributed by atoms with Crippen molar-refractivity contribution in [3.63, 3.8) is 0 Å². The minimum absolute atomic E-state index is 0.0904. The molecule has 0 fully saturated rings. The second-order valence-electron chi connectivity index (χ2n) is 5.43. The first-order valence-electron chi connectivity index (χ1n) is 7.37. The number of nitro benzene ring substituents is 1. The lowest BCUT2D eigenvalue weighted by molar-refractivity contribution is -0.385. The molecule has 126 valence electrons. The number of nitro groups is 1. The van der Waals surface area contributed by atoms with E-state index in [-0.39, 0.29) is 10.6 Å². The van der Waals surface area contributed by atoms with Gasteiger partial charge in [-0.1, -0.05) is 12.1 Å². The monoisotopic (exact) mass is 348 g/mol. The van der Waals surface area contributed by atoms with Gasteiger partial charge >= 0.3 is 0 Å². The van der Waals surface area contributed by atoms with Crippen molar-refractivity contribution in [1.82, 2.24) is 0 Å². The SMILES string of the molecule is COc1ccc2c(c1)N(S(=O)(=O)c1cccc([N+](=O)[O-])c1)CCC2. The van der Waals surface area contributed by atoms with Gasteiger partial charge in [0.25, 0.3) is 15.7 Å². The van der Waals surface area contributed by atoms with Crippen molar-refractivity contribution >= 4 is 21.4 Å². The smallest absolute Gasteiger partial charge is 0.270 e. The van der Waals surface area contributed by atoms with Crippen LogP contribution in [0.4, 0.5) is 11.4 Å². The third-order valence-electron chi connectivity index (χ3n) is 3.98. The van der Waals surface area contributed by atoms with Crippen LogP contribution in [0.15, 0.2) is 47.4 Å². The molecule has 0 radical (unpaired) electrons. The maximum atomic E-state index is 13.0. The number of fused-ring (bicyclic) bond motifs is 1. The Morgan fingerprint density at radius 3 is 2.71 bits per heavy atom. The highest BCUT2D eigenvalue weighted by Crippen LogP contribution is 2.35. The number of nitrogens with zero attached hydrogens (tertiary/aromatic N) is 2. The zero-order valence-electron chi connectivity index (χ0n) is 13.0. The second kappa shape index (κ2) is 6.12. The molecule has 0 bridgehead atoms. The molecule has 0 amide bonds. The van der Waals surface area contributed by atoms with E-state index in [2.05, 4.69) is 0 Å². The van der Waals surface area contributed by atoms with Gasteiger partial charge < -0.3 is 4.74 Å². The van der Waals surface area contributed by atoms with Gasteiger partial charge in [-0.15, -0.1) is 0 Å². The molecular weight excluding hydrogens is 332 g/mol.